The van der Waals surface area contributed by atoms with E-state index in [0.717, 1.165) is 16.7 Å². The molecule has 8 heteroatoms. The number of ether oxygens (including phenoxy) is 2. The molecule has 7 nitrogen and oxygen atoms in total. The Hall–Kier alpha value is -3.26. The minimum absolute atomic E-state index is 0.0286. The number of rotatable bonds is 7. The van der Waals surface area contributed by atoms with Crippen LogP contribution < -0.4 is 20.3 Å². The van der Waals surface area contributed by atoms with Crippen molar-refractivity contribution in [1.82, 2.24) is 15.8 Å². The van der Waals surface area contributed by atoms with E-state index in [1.807, 2.05) is 59.5 Å². The van der Waals surface area contributed by atoms with E-state index in [9.17, 15) is 9.90 Å². The molecule has 2 fully saturated rings. The Bertz CT molecular complexity index is 1220. The molecule has 0 saturated carbocycles. The maximum atomic E-state index is 13.6. The number of halogens is 1. The van der Waals surface area contributed by atoms with Crippen LogP contribution in [0.25, 0.3) is 0 Å². The van der Waals surface area contributed by atoms with Crippen molar-refractivity contribution in [2.75, 3.05) is 20.8 Å². The van der Waals surface area contributed by atoms with E-state index >= 15 is 0 Å². The molecule has 35 heavy (non-hydrogen) atoms. The molecule has 2 heterocycles. The Kier molecular flexibility index (Phi) is 6.56. The first-order valence-electron chi connectivity index (χ1n) is 11.6. The summed E-state index contributed by atoms with van der Waals surface area (Å²) in [6.07, 6.45) is 0.657. The van der Waals surface area contributed by atoms with Gasteiger partial charge in [0.15, 0.2) is 11.5 Å². The number of phenolic OH excluding ortho intramolecular Hbond substituents is 1. The molecule has 0 aliphatic carbocycles. The number of nitrogens with zero attached hydrogens (tertiary/aromatic N) is 1. The molecule has 2 aliphatic heterocycles. The summed E-state index contributed by atoms with van der Waals surface area (Å²) in [7, 11) is 3.22. The first-order chi connectivity index (χ1) is 17.0. The summed E-state index contributed by atoms with van der Waals surface area (Å²) < 4.78 is 10.8. The minimum Gasteiger partial charge on any atom is -0.508 e. The summed E-state index contributed by atoms with van der Waals surface area (Å²) in [6, 6.07) is 19.9. The number of para-hydroxylation sites is 1. The van der Waals surface area contributed by atoms with Gasteiger partial charge in [-0.25, -0.2) is 10.9 Å². The number of carbonyl (C=O) groups excluding carboxylic acids is 1. The van der Waals surface area contributed by atoms with E-state index in [-0.39, 0.29) is 29.7 Å². The Morgan fingerprint density at radius 1 is 0.943 bits per heavy atom. The number of nitrogens with one attached hydrogen (secondary N) is 2. The number of phenols is 1. The van der Waals surface area contributed by atoms with Crippen LogP contribution in [0, 0.1) is 5.92 Å². The highest BCUT2D eigenvalue weighted by molar-refractivity contribution is 6.30. The van der Waals surface area contributed by atoms with Crippen molar-refractivity contribution >= 4 is 17.5 Å². The molecule has 182 valence electrons. The van der Waals surface area contributed by atoms with Crippen molar-refractivity contribution in [3.63, 3.8) is 0 Å². The molecule has 1 amide bonds. The third-order valence-corrected chi connectivity index (χ3v) is 7.24. The van der Waals surface area contributed by atoms with Gasteiger partial charge < -0.3 is 19.5 Å². The van der Waals surface area contributed by atoms with Crippen LogP contribution in [-0.2, 0) is 11.2 Å². The SMILES string of the molecule is COc1ccc(CCN2C(=O)C3NNC(c4ccccc4O)C3C2c2ccc(Cl)cc2)cc1OC. The van der Waals surface area contributed by atoms with Crippen LogP contribution in [0.5, 0.6) is 17.2 Å². The van der Waals surface area contributed by atoms with Gasteiger partial charge in [0.05, 0.1) is 26.3 Å². The average Bonchev–Trinajstić information content (AvgIpc) is 3.42. The molecule has 0 bridgehead atoms. The van der Waals surface area contributed by atoms with Crippen LogP contribution in [0.2, 0.25) is 5.02 Å². The molecule has 2 saturated heterocycles. The van der Waals surface area contributed by atoms with E-state index in [2.05, 4.69) is 10.9 Å². The van der Waals surface area contributed by atoms with Gasteiger partial charge in [-0.05, 0) is 47.9 Å². The van der Waals surface area contributed by atoms with Crippen LogP contribution in [0.3, 0.4) is 0 Å². The molecule has 0 radical (unpaired) electrons. The van der Waals surface area contributed by atoms with Crippen LogP contribution >= 0.6 is 11.6 Å². The molecule has 0 spiro atoms. The monoisotopic (exact) mass is 493 g/mol. The molecule has 3 aromatic rings. The number of likely N-dealkylation sites (tertiary alicyclic amines) is 1. The number of amides is 1. The lowest BCUT2D eigenvalue weighted by Gasteiger charge is -2.31. The van der Waals surface area contributed by atoms with Gasteiger partial charge in [-0.3, -0.25) is 4.79 Å². The summed E-state index contributed by atoms with van der Waals surface area (Å²) >= 11 is 6.17. The van der Waals surface area contributed by atoms with Crippen molar-refractivity contribution in [1.29, 1.82) is 0 Å². The zero-order valence-electron chi connectivity index (χ0n) is 19.6. The Morgan fingerprint density at radius 2 is 1.66 bits per heavy atom. The second kappa shape index (κ2) is 9.77. The van der Waals surface area contributed by atoms with Gasteiger partial charge in [-0.2, -0.15) is 0 Å². The van der Waals surface area contributed by atoms with Gasteiger partial charge in [0.2, 0.25) is 5.91 Å². The first-order valence-corrected chi connectivity index (χ1v) is 12.0. The van der Waals surface area contributed by atoms with E-state index < -0.39 is 6.04 Å². The summed E-state index contributed by atoms with van der Waals surface area (Å²) in [5.41, 5.74) is 9.29. The highest BCUT2D eigenvalue weighted by Gasteiger charge is 2.55. The van der Waals surface area contributed by atoms with Crippen LogP contribution in [0.15, 0.2) is 66.7 Å². The number of hydrazine groups is 1. The lowest BCUT2D eigenvalue weighted by molar-refractivity contribution is -0.130. The van der Waals surface area contributed by atoms with E-state index in [1.165, 1.54) is 0 Å². The molecular weight excluding hydrogens is 466 g/mol. The fourth-order valence-corrected chi connectivity index (χ4v) is 5.44. The molecule has 2 aliphatic rings. The van der Waals surface area contributed by atoms with Crippen molar-refractivity contribution < 1.29 is 19.4 Å². The van der Waals surface area contributed by atoms with E-state index in [0.29, 0.717) is 29.5 Å². The Morgan fingerprint density at radius 3 is 2.37 bits per heavy atom. The van der Waals surface area contributed by atoms with Crippen molar-refractivity contribution in [2.24, 2.45) is 5.92 Å². The number of aromatic hydroxyl groups is 1. The second-order valence-corrected chi connectivity index (χ2v) is 9.28. The lowest BCUT2D eigenvalue weighted by atomic mass is 9.83. The molecule has 5 rings (SSSR count). The van der Waals surface area contributed by atoms with Crippen LogP contribution in [0.1, 0.15) is 28.8 Å². The maximum Gasteiger partial charge on any atom is 0.242 e. The number of carbonyl (C=O) groups is 1. The highest BCUT2D eigenvalue weighted by atomic mass is 35.5. The van der Waals surface area contributed by atoms with Gasteiger partial charge in [0, 0.05) is 23.0 Å². The number of benzene rings is 3. The summed E-state index contributed by atoms with van der Waals surface area (Å²) in [4.78, 5) is 15.6. The lowest BCUT2D eigenvalue weighted by Crippen LogP contribution is -2.42. The summed E-state index contributed by atoms with van der Waals surface area (Å²) in [5, 5.41) is 11.2. The third-order valence-electron chi connectivity index (χ3n) is 6.99. The largest absolute Gasteiger partial charge is 0.508 e. The molecule has 4 atom stereocenters. The highest BCUT2D eigenvalue weighted by Crippen LogP contribution is 2.48. The normalized spacial score (nSPS) is 23.4. The zero-order chi connectivity index (χ0) is 24.5. The Balaban J connectivity index is 1.48. The number of fused-ring (bicyclic) bond motifs is 1. The smallest absolute Gasteiger partial charge is 0.242 e. The second-order valence-electron chi connectivity index (χ2n) is 8.85. The molecule has 4 unspecified atom stereocenters. The fourth-order valence-electron chi connectivity index (χ4n) is 5.31. The molecule has 3 aromatic carbocycles. The van der Waals surface area contributed by atoms with Gasteiger partial charge in [-0.1, -0.05) is 48.0 Å². The van der Waals surface area contributed by atoms with Crippen LogP contribution in [-0.4, -0.2) is 42.7 Å². The first kappa shape index (κ1) is 23.5. The number of hydrogen-bond donors (Lipinski definition) is 3. The fraction of sp³-hybridized carbons (Fsp3) is 0.296. The molecule has 0 aromatic heterocycles. The van der Waals surface area contributed by atoms with Gasteiger partial charge >= 0.3 is 0 Å². The van der Waals surface area contributed by atoms with Crippen molar-refractivity contribution in [3.8, 4) is 17.2 Å². The van der Waals surface area contributed by atoms with Gasteiger partial charge in [0.25, 0.3) is 0 Å². The van der Waals surface area contributed by atoms with Crippen molar-refractivity contribution in [2.45, 2.75) is 24.5 Å². The quantitative estimate of drug-likeness (QED) is 0.461. The third kappa shape index (κ3) is 4.31. The predicted molar refractivity (Wildman–Crippen MR) is 134 cm³/mol. The van der Waals surface area contributed by atoms with E-state index in [1.54, 1.807) is 26.4 Å². The van der Waals surface area contributed by atoms with Crippen LogP contribution in [0.4, 0.5) is 0 Å². The Labute approximate surface area is 209 Å². The molecule has 3 N–H and O–H groups in total. The summed E-state index contributed by atoms with van der Waals surface area (Å²) in [5.74, 6) is 1.44. The van der Waals surface area contributed by atoms with Crippen molar-refractivity contribution in [3.05, 3.63) is 88.4 Å². The maximum absolute atomic E-state index is 13.6. The predicted octanol–water partition coefficient (Wildman–Crippen LogP) is 4.02. The average molecular weight is 494 g/mol. The minimum atomic E-state index is -0.411. The summed E-state index contributed by atoms with van der Waals surface area (Å²) in [6.45, 7) is 0.532. The van der Waals surface area contributed by atoms with Gasteiger partial charge in [-0.15, -0.1) is 0 Å². The van der Waals surface area contributed by atoms with Gasteiger partial charge in [0.1, 0.15) is 11.8 Å². The number of hydrogen-bond acceptors (Lipinski definition) is 6. The molecular formula is C27H28ClN3O4. The number of methoxy groups -OCH3 is 2. The zero-order valence-corrected chi connectivity index (χ0v) is 20.3. The standard InChI is InChI=1S/C27H28ClN3O4/c1-34-21-12-7-16(15-22(21)35-2)13-14-31-26(17-8-10-18(28)11-9-17)23-24(29-30-25(23)27(31)33)19-5-3-4-6-20(19)32/h3-12,15,23-26,29-30,32H,13-14H2,1-2H3. The van der Waals surface area contributed by atoms with E-state index in [4.69, 9.17) is 21.1 Å². The topological polar surface area (TPSA) is 83.1 Å².